The zero-order valence-corrected chi connectivity index (χ0v) is 13.6. The highest BCUT2D eigenvalue weighted by Gasteiger charge is 2.45. The maximum absolute atomic E-state index is 12.1. The van der Waals surface area contributed by atoms with Gasteiger partial charge >= 0.3 is 0 Å². The van der Waals surface area contributed by atoms with Crippen LogP contribution in [-0.4, -0.2) is 38.7 Å². The molecule has 6 heteroatoms. The molecule has 4 nitrogen and oxygen atoms in total. The van der Waals surface area contributed by atoms with E-state index in [9.17, 15) is 9.90 Å². The van der Waals surface area contributed by atoms with Gasteiger partial charge in [0.15, 0.2) is 0 Å². The average Bonchev–Trinajstić information content (AvgIpc) is 2.70. The number of carbonyl (C=O) groups is 1. The Hall–Kier alpha value is -0.460. The summed E-state index contributed by atoms with van der Waals surface area (Å²) >= 11 is 5.11. The topological polar surface area (TPSA) is 54.3 Å². The summed E-state index contributed by atoms with van der Waals surface area (Å²) in [5, 5.41) is 13.5. The highest BCUT2D eigenvalue weighted by Crippen LogP contribution is 2.40. The summed E-state index contributed by atoms with van der Waals surface area (Å²) in [6.07, 6.45) is 3.63. The van der Waals surface area contributed by atoms with Crippen LogP contribution in [0.4, 0.5) is 0 Å². The average molecular weight is 347 g/mol. The molecule has 1 amide bonds. The minimum Gasteiger partial charge on any atom is -0.387 e. The SMILES string of the molecule is CCS[C@H]1CC[C@]1(O)CNC(=O)c1cc(Br)cn1C. The number of hydrogen-bond acceptors (Lipinski definition) is 3. The second-order valence-corrected chi connectivity index (χ2v) is 7.32. The van der Waals surface area contributed by atoms with Gasteiger partial charge in [0.25, 0.3) is 5.91 Å². The molecule has 2 atom stereocenters. The van der Waals surface area contributed by atoms with Gasteiger partial charge in [-0.3, -0.25) is 4.79 Å². The molecule has 0 bridgehead atoms. The van der Waals surface area contributed by atoms with Crippen molar-refractivity contribution in [2.24, 2.45) is 7.05 Å². The van der Waals surface area contributed by atoms with E-state index >= 15 is 0 Å². The first-order valence-corrected chi connectivity index (χ1v) is 8.24. The lowest BCUT2D eigenvalue weighted by Crippen LogP contribution is -2.57. The summed E-state index contributed by atoms with van der Waals surface area (Å²) in [6, 6.07) is 1.78. The number of nitrogens with zero attached hydrogens (tertiary/aromatic N) is 1. The molecular weight excluding hydrogens is 328 g/mol. The largest absolute Gasteiger partial charge is 0.387 e. The number of nitrogens with one attached hydrogen (secondary N) is 1. The maximum atomic E-state index is 12.1. The molecule has 2 N–H and O–H groups in total. The Morgan fingerprint density at radius 3 is 2.95 bits per heavy atom. The van der Waals surface area contributed by atoms with E-state index in [1.165, 1.54) is 0 Å². The van der Waals surface area contributed by atoms with E-state index in [2.05, 4.69) is 28.2 Å². The molecule has 2 rings (SSSR count). The van der Waals surface area contributed by atoms with Crippen molar-refractivity contribution < 1.29 is 9.90 Å². The van der Waals surface area contributed by atoms with Gasteiger partial charge in [-0.2, -0.15) is 11.8 Å². The predicted molar refractivity (Wildman–Crippen MR) is 81.6 cm³/mol. The summed E-state index contributed by atoms with van der Waals surface area (Å²) in [4.78, 5) is 12.1. The van der Waals surface area contributed by atoms with Crippen molar-refractivity contribution in [3.05, 3.63) is 22.4 Å². The molecule has 0 unspecified atom stereocenters. The Balaban J connectivity index is 1.92. The van der Waals surface area contributed by atoms with Gasteiger partial charge in [-0.25, -0.2) is 0 Å². The number of carbonyl (C=O) groups excluding carboxylic acids is 1. The highest BCUT2D eigenvalue weighted by molar-refractivity contribution is 9.10. The van der Waals surface area contributed by atoms with Gasteiger partial charge < -0.3 is 15.0 Å². The number of aromatic nitrogens is 1. The van der Waals surface area contributed by atoms with E-state index < -0.39 is 5.60 Å². The molecular formula is C13H19BrN2O2S. The molecule has 0 radical (unpaired) electrons. The third kappa shape index (κ3) is 3.17. The van der Waals surface area contributed by atoms with Crippen LogP contribution in [0.3, 0.4) is 0 Å². The number of amides is 1. The quantitative estimate of drug-likeness (QED) is 0.858. The summed E-state index contributed by atoms with van der Waals surface area (Å²) in [5.41, 5.74) is -0.145. The molecule has 1 heterocycles. The lowest BCUT2D eigenvalue weighted by molar-refractivity contribution is -0.0222. The predicted octanol–water partition coefficient (Wildman–Crippen LogP) is 2.16. The van der Waals surface area contributed by atoms with E-state index in [1.807, 2.05) is 13.2 Å². The van der Waals surface area contributed by atoms with Crippen LogP contribution in [0, 0.1) is 0 Å². The van der Waals surface area contributed by atoms with Crippen LogP contribution in [0.1, 0.15) is 30.3 Å². The molecule has 1 aromatic heterocycles. The number of aliphatic hydroxyl groups is 1. The molecule has 0 aromatic carbocycles. The van der Waals surface area contributed by atoms with Crippen LogP contribution in [-0.2, 0) is 7.05 Å². The summed E-state index contributed by atoms with van der Waals surface area (Å²) < 4.78 is 2.64. The molecule has 106 valence electrons. The minimum atomic E-state index is -0.737. The van der Waals surface area contributed by atoms with Crippen molar-refractivity contribution in [3.63, 3.8) is 0 Å². The van der Waals surface area contributed by atoms with Crippen molar-refractivity contribution >= 4 is 33.6 Å². The van der Waals surface area contributed by atoms with Crippen LogP contribution in [0.15, 0.2) is 16.7 Å². The molecule has 1 aliphatic rings. The lowest BCUT2D eigenvalue weighted by atomic mass is 9.79. The van der Waals surface area contributed by atoms with Crippen LogP contribution in [0.25, 0.3) is 0 Å². The smallest absolute Gasteiger partial charge is 0.268 e. The van der Waals surface area contributed by atoms with E-state index in [-0.39, 0.29) is 11.2 Å². The van der Waals surface area contributed by atoms with Crippen molar-refractivity contribution in [1.82, 2.24) is 9.88 Å². The highest BCUT2D eigenvalue weighted by atomic mass is 79.9. The van der Waals surface area contributed by atoms with Crippen molar-refractivity contribution in [1.29, 1.82) is 0 Å². The first-order valence-electron chi connectivity index (χ1n) is 6.40. The molecule has 0 aliphatic heterocycles. The normalized spacial score (nSPS) is 26.0. The number of thioether (sulfide) groups is 1. The third-order valence-electron chi connectivity index (χ3n) is 3.57. The van der Waals surface area contributed by atoms with Gasteiger partial charge in [-0.1, -0.05) is 6.92 Å². The van der Waals surface area contributed by atoms with E-state index in [0.29, 0.717) is 12.2 Å². The molecule has 1 aliphatic carbocycles. The fourth-order valence-electron chi connectivity index (χ4n) is 2.31. The fourth-order valence-corrected chi connectivity index (χ4v) is 4.03. The first kappa shape index (κ1) is 14.9. The zero-order chi connectivity index (χ0) is 14.0. The van der Waals surface area contributed by atoms with E-state index in [1.54, 1.807) is 22.4 Å². The monoisotopic (exact) mass is 346 g/mol. The zero-order valence-electron chi connectivity index (χ0n) is 11.1. The van der Waals surface area contributed by atoms with Crippen LogP contribution >= 0.6 is 27.7 Å². The Labute approximate surface area is 126 Å². The van der Waals surface area contributed by atoms with Crippen molar-refractivity contribution in [2.75, 3.05) is 12.3 Å². The second-order valence-electron chi connectivity index (χ2n) is 4.92. The van der Waals surface area contributed by atoms with Crippen molar-refractivity contribution in [3.8, 4) is 0 Å². The summed E-state index contributed by atoms with van der Waals surface area (Å²) in [7, 11) is 1.83. The van der Waals surface area contributed by atoms with Crippen LogP contribution < -0.4 is 5.32 Å². The van der Waals surface area contributed by atoms with Crippen molar-refractivity contribution in [2.45, 2.75) is 30.6 Å². The van der Waals surface area contributed by atoms with E-state index in [4.69, 9.17) is 0 Å². The van der Waals surface area contributed by atoms with E-state index in [0.717, 1.165) is 23.1 Å². The van der Waals surface area contributed by atoms with Gasteiger partial charge in [-0.05, 0) is 40.6 Å². The molecule has 19 heavy (non-hydrogen) atoms. The maximum Gasteiger partial charge on any atom is 0.268 e. The molecule has 1 aromatic rings. The molecule has 1 saturated carbocycles. The van der Waals surface area contributed by atoms with Crippen LogP contribution in [0.2, 0.25) is 0 Å². The Kier molecular flexibility index (Phi) is 4.63. The third-order valence-corrected chi connectivity index (χ3v) is 5.41. The molecule has 0 spiro atoms. The lowest BCUT2D eigenvalue weighted by Gasteiger charge is -2.45. The number of hydrogen-bond donors (Lipinski definition) is 2. The standard InChI is InChI=1S/C13H19BrN2O2S/c1-3-19-11-4-5-13(11,18)8-15-12(17)10-6-9(14)7-16(10)2/h6-7,11,18H,3-5,8H2,1-2H3,(H,15,17)/t11-,13-/m0/s1. The van der Waals surface area contributed by atoms with Gasteiger partial charge in [-0.15, -0.1) is 0 Å². The summed E-state index contributed by atoms with van der Waals surface area (Å²) in [5.74, 6) is 0.847. The van der Waals surface area contributed by atoms with Gasteiger partial charge in [0.1, 0.15) is 5.69 Å². The number of halogens is 1. The fraction of sp³-hybridized carbons (Fsp3) is 0.615. The number of aryl methyl sites for hydroxylation is 1. The first-order chi connectivity index (χ1) is 8.96. The second kappa shape index (κ2) is 5.89. The summed E-state index contributed by atoms with van der Waals surface area (Å²) in [6.45, 7) is 2.41. The number of rotatable bonds is 5. The van der Waals surface area contributed by atoms with Crippen LogP contribution in [0.5, 0.6) is 0 Å². The Morgan fingerprint density at radius 1 is 1.74 bits per heavy atom. The minimum absolute atomic E-state index is 0.145. The Bertz CT molecular complexity index is 477. The van der Waals surface area contributed by atoms with Gasteiger partial charge in [0, 0.05) is 29.5 Å². The van der Waals surface area contributed by atoms with Gasteiger partial charge in [0.05, 0.1) is 5.60 Å². The molecule has 0 saturated heterocycles. The Morgan fingerprint density at radius 2 is 2.47 bits per heavy atom. The molecule has 1 fully saturated rings. The van der Waals surface area contributed by atoms with Gasteiger partial charge in [0.2, 0.25) is 0 Å².